The van der Waals surface area contributed by atoms with Gasteiger partial charge in [-0.25, -0.2) is 26.8 Å². The molecule has 1 aliphatic heterocycles. The molecule has 1 amide bonds. The molecule has 3 rings (SSSR count). The first kappa shape index (κ1) is 23.9. The Balaban J connectivity index is 0.000000501. The van der Waals surface area contributed by atoms with Crippen LogP contribution in [0.1, 0.15) is 10.4 Å². The van der Waals surface area contributed by atoms with Crippen molar-refractivity contribution >= 4 is 27.9 Å². The smallest absolute Gasteiger partial charge is 0.414 e. The van der Waals surface area contributed by atoms with Crippen molar-refractivity contribution in [2.45, 2.75) is 4.90 Å². The number of nitrogens with zero attached hydrogens (tertiary/aromatic N) is 2. The summed E-state index contributed by atoms with van der Waals surface area (Å²) in [6.07, 6.45) is 0. The molecule has 0 bridgehead atoms. The van der Waals surface area contributed by atoms with Gasteiger partial charge >= 0.3 is 11.9 Å². The van der Waals surface area contributed by atoms with Gasteiger partial charge in [0.1, 0.15) is 11.6 Å². The lowest BCUT2D eigenvalue weighted by Gasteiger charge is -2.34. The van der Waals surface area contributed by atoms with E-state index in [4.69, 9.17) is 19.8 Å². The molecule has 1 fully saturated rings. The average molecular weight is 456 g/mol. The van der Waals surface area contributed by atoms with Gasteiger partial charge in [0.2, 0.25) is 10.0 Å². The van der Waals surface area contributed by atoms with Gasteiger partial charge in [0, 0.05) is 31.7 Å². The van der Waals surface area contributed by atoms with Crippen LogP contribution < -0.4 is 0 Å². The van der Waals surface area contributed by atoms with E-state index < -0.39 is 33.6 Å². The number of aliphatic carboxylic acids is 2. The zero-order valence-electron chi connectivity index (χ0n) is 15.9. The number of sulfonamides is 1. The summed E-state index contributed by atoms with van der Waals surface area (Å²) in [5.41, 5.74) is 0.358. The van der Waals surface area contributed by atoms with Crippen LogP contribution in [0.3, 0.4) is 0 Å². The number of carbonyl (C=O) groups is 3. The van der Waals surface area contributed by atoms with Crippen LogP contribution in [0.4, 0.5) is 8.78 Å². The minimum atomic E-state index is -3.72. The van der Waals surface area contributed by atoms with E-state index in [9.17, 15) is 22.0 Å². The fourth-order valence-corrected chi connectivity index (χ4v) is 4.08. The predicted molar refractivity (Wildman–Crippen MR) is 103 cm³/mol. The quantitative estimate of drug-likeness (QED) is 0.665. The number of hydrogen-bond donors (Lipinski definition) is 2. The van der Waals surface area contributed by atoms with Crippen LogP contribution in [-0.2, 0) is 19.6 Å². The van der Waals surface area contributed by atoms with E-state index >= 15 is 0 Å². The molecule has 0 aliphatic carbocycles. The van der Waals surface area contributed by atoms with Gasteiger partial charge in [-0.1, -0.05) is 0 Å². The molecule has 0 saturated carbocycles. The van der Waals surface area contributed by atoms with Crippen LogP contribution in [0.25, 0.3) is 0 Å². The molecule has 0 unspecified atom stereocenters. The fraction of sp³-hybridized carbons (Fsp3) is 0.211. The Kier molecular flexibility index (Phi) is 7.78. The van der Waals surface area contributed by atoms with Gasteiger partial charge in [-0.2, -0.15) is 4.31 Å². The zero-order valence-corrected chi connectivity index (χ0v) is 16.8. The summed E-state index contributed by atoms with van der Waals surface area (Å²) >= 11 is 0. The Labute approximate surface area is 176 Å². The number of amides is 1. The van der Waals surface area contributed by atoms with Crippen molar-refractivity contribution in [3.8, 4) is 0 Å². The molecule has 0 spiro atoms. The van der Waals surface area contributed by atoms with E-state index in [0.717, 1.165) is 12.1 Å². The summed E-state index contributed by atoms with van der Waals surface area (Å²) in [4.78, 5) is 32.1. The minimum Gasteiger partial charge on any atom is -0.473 e. The third-order valence-electron chi connectivity index (χ3n) is 4.25. The summed E-state index contributed by atoms with van der Waals surface area (Å²) in [6.45, 7) is 0.757. The van der Waals surface area contributed by atoms with Crippen molar-refractivity contribution in [3.63, 3.8) is 0 Å². The second-order valence-electron chi connectivity index (χ2n) is 6.27. The highest BCUT2D eigenvalue weighted by atomic mass is 32.2. The fourth-order valence-electron chi connectivity index (χ4n) is 2.66. The summed E-state index contributed by atoms with van der Waals surface area (Å²) < 4.78 is 52.3. The number of carbonyl (C=O) groups excluding carboxylic acids is 1. The maximum absolute atomic E-state index is 13.0. The average Bonchev–Trinajstić information content (AvgIpc) is 2.74. The molecule has 2 aromatic rings. The first-order valence-corrected chi connectivity index (χ1v) is 10.2. The number of halogens is 2. The molecule has 2 aromatic carbocycles. The lowest BCUT2D eigenvalue weighted by atomic mass is 10.2. The highest BCUT2D eigenvalue weighted by molar-refractivity contribution is 7.89. The zero-order chi connectivity index (χ0) is 23.2. The first-order valence-electron chi connectivity index (χ1n) is 8.79. The van der Waals surface area contributed by atoms with E-state index in [2.05, 4.69) is 0 Å². The lowest BCUT2D eigenvalue weighted by molar-refractivity contribution is -0.159. The minimum absolute atomic E-state index is 0.0206. The highest BCUT2D eigenvalue weighted by Gasteiger charge is 2.30. The second-order valence-corrected chi connectivity index (χ2v) is 8.21. The summed E-state index contributed by atoms with van der Waals surface area (Å²) in [5.74, 6) is -4.84. The van der Waals surface area contributed by atoms with Gasteiger partial charge < -0.3 is 15.1 Å². The number of benzene rings is 2. The Morgan fingerprint density at radius 3 is 1.58 bits per heavy atom. The summed E-state index contributed by atoms with van der Waals surface area (Å²) in [6, 6.07) is 9.87. The van der Waals surface area contributed by atoms with E-state index in [-0.39, 0.29) is 37.0 Å². The van der Waals surface area contributed by atoms with Crippen LogP contribution in [0.2, 0.25) is 0 Å². The molecule has 12 heteroatoms. The number of carboxylic acids is 2. The van der Waals surface area contributed by atoms with Crippen LogP contribution in [-0.4, -0.2) is 71.9 Å². The summed E-state index contributed by atoms with van der Waals surface area (Å²) in [7, 11) is -3.72. The van der Waals surface area contributed by atoms with Crippen LogP contribution in [0.15, 0.2) is 53.4 Å². The Hall–Kier alpha value is -3.38. The van der Waals surface area contributed by atoms with Crippen molar-refractivity contribution < 1.29 is 41.8 Å². The molecular weight excluding hydrogens is 438 g/mol. The Bertz CT molecular complexity index is 1040. The monoisotopic (exact) mass is 456 g/mol. The maximum atomic E-state index is 13.0. The number of carboxylic acid groups (broad SMARTS) is 2. The van der Waals surface area contributed by atoms with Gasteiger partial charge in [0.05, 0.1) is 4.90 Å². The largest absolute Gasteiger partial charge is 0.473 e. The van der Waals surface area contributed by atoms with Crippen molar-refractivity contribution in [1.82, 2.24) is 9.21 Å². The topological polar surface area (TPSA) is 132 Å². The number of rotatable bonds is 3. The van der Waals surface area contributed by atoms with E-state index in [1.807, 2.05) is 0 Å². The van der Waals surface area contributed by atoms with Crippen molar-refractivity contribution in [1.29, 1.82) is 0 Å². The van der Waals surface area contributed by atoms with Crippen LogP contribution >= 0.6 is 0 Å². The van der Waals surface area contributed by atoms with Crippen molar-refractivity contribution in [2.24, 2.45) is 0 Å². The van der Waals surface area contributed by atoms with E-state index in [0.29, 0.717) is 5.56 Å². The van der Waals surface area contributed by atoms with Crippen LogP contribution in [0.5, 0.6) is 0 Å². The number of piperazine rings is 1. The SMILES string of the molecule is O=C(O)C(=O)O.O=C(c1ccc(F)cc1)N1CCN(S(=O)(=O)c2ccc(F)cc2)CC1. The van der Waals surface area contributed by atoms with Gasteiger partial charge in [0.25, 0.3) is 5.91 Å². The molecule has 1 saturated heterocycles. The molecule has 2 N–H and O–H groups in total. The molecular formula is C19H18F2N2O7S. The van der Waals surface area contributed by atoms with E-state index in [1.54, 1.807) is 0 Å². The number of hydrogen-bond acceptors (Lipinski definition) is 5. The van der Waals surface area contributed by atoms with Crippen molar-refractivity contribution in [2.75, 3.05) is 26.2 Å². The van der Waals surface area contributed by atoms with E-state index in [1.165, 1.54) is 45.6 Å². The third-order valence-corrected chi connectivity index (χ3v) is 6.16. The third kappa shape index (κ3) is 6.30. The highest BCUT2D eigenvalue weighted by Crippen LogP contribution is 2.19. The van der Waals surface area contributed by atoms with Gasteiger partial charge in [-0.05, 0) is 48.5 Å². The molecule has 0 atom stereocenters. The molecule has 0 aromatic heterocycles. The molecule has 0 radical (unpaired) electrons. The van der Waals surface area contributed by atoms with Gasteiger partial charge in [0.15, 0.2) is 0 Å². The molecule has 1 heterocycles. The standard InChI is InChI=1S/C17H16F2N2O3S.C2H2O4/c18-14-3-1-13(2-4-14)17(22)20-9-11-21(12-10-20)25(23,24)16-7-5-15(19)6-8-16;3-1(4)2(5)6/h1-8H,9-12H2;(H,3,4)(H,5,6). The van der Waals surface area contributed by atoms with Crippen molar-refractivity contribution in [3.05, 3.63) is 65.7 Å². The predicted octanol–water partition coefficient (Wildman–Crippen LogP) is 1.27. The Morgan fingerprint density at radius 2 is 1.16 bits per heavy atom. The first-order chi connectivity index (χ1) is 14.5. The normalized spacial score (nSPS) is 14.3. The molecule has 1 aliphatic rings. The molecule has 9 nitrogen and oxygen atoms in total. The Morgan fingerprint density at radius 1 is 0.742 bits per heavy atom. The molecule has 31 heavy (non-hydrogen) atoms. The summed E-state index contributed by atoms with van der Waals surface area (Å²) in [5, 5.41) is 14.8. The van der Waals surface area contributed by atoms with Gasteiger partial charge in [-0.3, -0.25) is 4.79 Å². The van der Waals surface area contributed by atoms with Gasteiger partial charge in [-0.15, -0.1) is 0 Å². The maximum Gasteiger partial charge on any atom is 0.414 e. The van der Waals surface area contributed by atoms with Crippen LogP contribution in [0, 0.1) is 11.6 Å². The lowest BCUT2D eigenvalue weighted by Crippen LogP contribution is -2.50. The molecule has 166 valence electrons. The second kappa shape index (κ2) is 10.1.